The van der Waals surface area contributed by atoms with E-state index in [1.807, 2.05) is 29.2 Å². The Morgan fingerprint density at radius 3 is 2.50 bits per heavy atom. The van der Waals surface area contributed by atoms with E-state index in [4.69, 9.17) is 9.47 Å². The normalized spacial score (nSPS) is 17.4. The molecule has 4 nitrogen and oxygen atoms in total. The molecule has 0 aromatic heterocycles. The van der Waals surface area contributed by atoms with Crippen LogP contribution < -0.4 is 4.74 Å². The van der Waals surface area contributed by atoms with E-state index in [-0.39, 0.29) is 18.6 Å². The first kappa shape index (κ1) is 18.5. The number of nitrogens with zero attached hydrogens (tertiary/aromatic N) is 1. The minimum absolute atomic E-state index is 0.00153. The van der Waals surface area contributed by atoms with Crippen LogP contribution in [-0.4, -0.2) is 37.1 Å². The fourth-order valence-corrected chi connectivity index (χ4v) is 3.04. The Balaban J connectivity index is 1.54. The molecular formula is C22H27NO3. The maximum atomic E-state index is 12.5. The van der Waals surface area contributed by atoms with E-state index in [2.05, 4.69) is 45.0 Å². The third kappa shape index (κ3) is 4.64. The lowest BCUT2D eigenvalue weighted by Gasteiger charge is -2.33. The molecule has 0 saturated carbocycles. The van der Waals surface area contributed by atoms with Gasteiger partial charge in [-0.15, -0.1) is 0 Å². The first-order valence-corrected chi connectivity index (χ1v) is 9.21. The number of morpholine rings is 1. The zero-order valence-electron chi connectivity index (χ0n) is 15.8. The molecule has 1 saturated heterocycles. The van der Waals surface area contributed by atoms with E-state index in [0.717, 1.165) is 11.3 Å². The summed E-state index contributed by atoms with van der Waals surface area (Å²) in [6.45, 7) is 8.15. The van der Waals surface area contributed by atoms with Crippen molar-refractivity contribution in [2.75, 3.05) is 26.3 Å². The molecule has 1 atom stereocenters. The molecule has 0 bridgehead atoms. The maximum Gasteiger partial charge on any atom is 0.260 e. The van der Waals surface area contributed by atoms with Gasteiger partial charge in [0.25, 0.3) is 5.91 Å². The van der Waals surface area contributed by atoms with Crippen molar-refractivity contribution in [2.45, 2.75) is 32.8 Å². The molecule has 0 radical (unpaired) electrons. The summed E-state index contributed by atoms with van der Waals surface area (Å²) in [5, 5.41) is 0. The third-order valence-corrected chi connectivity index (χ3v) is 4.78. The molecule has 0 aliphatic carbocycles. The summed E-state index contributed by atoms with van der Waals surface area (Å²) in [7, 11) is 0. The summed E-state index contributed by atoms with van der Waals surface area (Å²) in [5.74, 6) is 1.21. The number of hydrogen-bond donors (Lipinski definition) is 0. The largest absolute Gasteiger partial charge is 0.484 e. The van der Waals surface area contributed by atoms with Crippen LogP contribution in [0.1, 0.15) is 42.6 Å². The molecule has 2 aromatic carbocycles. The summed E-state index contributed by atoms with van der Waals surface area (Å²) >= 11 is 0. The van der Waals surface area contributed by atoms with E-state index in [9.17, 15) is 4.79 Å². The molecule has 26 heavy (non-hydrogen) atoms. The average Bonchev–Trinajstić information content (AvgIpc) is 2.67. The number of benzene rings is 2. The molecule has 4 heteroatoms. The van der Waals surface area contributed by atoms with Gasteiger partial charge in [-0.3, -0.25) is 4.79 Å². The lowest BCUT2D eigenvalue weighted by Crippen LogP contribution is -2.44. The summed E-state index contributed by atoms with van der Waals surface area (Å²) in [4.78, 5) is 14.4. The lowest BCUT2D eigenvalue weighted by molar-refractivity contribution is -0.141. The molecule has 1 fully saturated rings. The molecular weight excluding hydrogens is 326 g/mol. The van der Waals surface area contributed by atoms with Crippen LogP contribution in [0.2, 0.25) is 0 Å². The van der Waals surface area contributed by atoms with Crippen LogP contribution in [0.15, 0.2) is 48.5 Å². The predicted molar refractivity (Wildman–Crippen MR) is 102 cm³/mol. The predicted octanol–water partition coefficient (Wildman–Crippen LogP) is 4.10. The zero-order chi connectivity index (χ0) is 18.5. The third-order valence-electron chi connectivity index (χ3n) is 4.78. The van der Waals surface area contributed by atoms with Crippen molar-refractivity contribution < 1.29 is 14.3 Å². The minimum atomic E-state index is -0.0707. The summed E-state index contributed by atoms with van der Waals surface area (Å²) in [5.41, 5.74) is 3.59. The molecule has 138 valence electrons. The molecule has 0 spiro atoms. The molecule has 1 amide bonds. The fourth-order valence-electron chi connectivity index (χ4n) is 3.04. The topological polar surface area (TPSA) is 38.8 Å². The number of hydrogen-bond acceptors (Lipinski definition) is 3. The summed E-state index contributed by atoms with van der Waals surface area (Å²) in [6, 6.07) is 16.2. The molecule has 1 aliphatic heterocycles. The Morgan fingerprint density at radius 1 is 1.15 bits per heavy atom. The zero-order valence-corrected chi connectivity index (χ0v) is 15.8. The average molecular weight is 353 g/mol. The quantitative estimate of drug-likeness (QED) is 0.812. The Kier molecular flexibility index (Phi) is 5.94. The first-order chi connectivity index (χ1) is 12.5. The second-order valence-electron chi connectivity index (χ2n) is 7.12. The van der Waals surface area contributed by atoms with Crippen LogP contribution in [0, 0.1) is 6.92 Å². The second-order valence-corrected chi connectivity index (χ2v) is 7.12. The van der Waals surface area contributed by atoms with Crippen LogP contribution >= 0.6 is 0 Å². The summed E-state index contributed by atoms with van der Waals surface area (Å²) < 4.78 is 11.5. The SMILES string of the molecule is Cc1ccc(C2CN(C(=O)COc3ccc(C(C)C)cc3)CCO2)cc1. The van der Waals surface area contributed by atoms with Crippen LogP contribution in [0.3, 0.4) is 0 Å². The number of carbonyl (C=O) groups excluding carboxylic acids is 1. The highest BCUT2D eigenvalue weighted by Crippen LogP contribution is 2.23. The van der Waals surface area contributed by atoms with Gasteiger partial charge in [-0.25, -0.2) is 0 Å². The van der Waals surface area contributed by atoms with Crippen LogP contribution in [0.4, 0.5) is 0 Å². The van der Waals surface area contributed by atoms with Crippen LogP contribution in [-0.2, 0) is 9.53 Å². The van der Waals surface area contributed by atoms with Gasteiger partial charge in [0.05, 0.1) is 13.2 Å². The summed E-state index contributed by atoms with van der Waals surface area (Å²) in [6.07, 6.45) is -0.0707. The highest BCUT2D eigenvalue weighted by Gasteiger charge is 2.25. The van der Waals surface area contributed by atoms with Crippen molar-refractivity contribution in [3.63, 3.8) is 0 Å². The molecule has 0 N–H and O–H groups in total. The van der Waals surface area contributed by atoms with Crippen molar-refractivity contribution in [3.8, 4) is 5.75 Å². The molecule has 2 aromatic rings. The van der Waals surface area contributed by atoms with Crippen molar-refractivity contribution in [1.29, 1.82) is 0 Å². The molecule has 3 rings (SSSR count). The standard InChI is InChI=1S/C22H27NO3/c1-16(2)18-8-10-20(11-9-18)26-15-22(24)23-12-13-25-21(14-23)19-6-4-17(3)5-7-19/h4-11,16,21H,12-15H2,1-3H3. The Bertz CT molecular complexity index is 722. The van der Waals surface area contributed by atoms with Gasteiger partial charge in [-0.05, 0) is 36.1 Å². The van der Waals surface area contributed by atoms with Crippen molar-refractivity contribution >= 4 is 5.91 Å². The van der Waals surface area contributed by atoms with Crippen molar-refractivity contribution in [3.05, 3.63) is 65.2 Å². The first-order valence-electron chi connectivity index (χ1n) is 9.21. The number of amides is 1. The monoisotopic (exact) mass is 353 g/mol. The molecule has 1 unspecified atom stereocenters. The van der Waals surface area contributed by atoms with Gasteiger partial charge in [-0.1, -0.05) is 55.8 Å². The van der Waals surface area contributed by atoms with E-state index < -0.39 is 0 Å². The van der Waals surface area contributed by atoms with Crippen LogP contribution in [0.25, 0.3) is 0 Å². The van der Waals surface area contributed by atoms with Gasteiger partial charge >= 0.3 is 0 Å². The lowest BCUT2D eigenvalue weighted by atomic mass is 10.0. The van der Waals surface area contributed by atoms with E-state index in [0.29, 0.717) is 25.6 Å². The Hall–Kier alpha value is -2.33. The van der Waals surface area contributed by atoms with E-state index >= 15 is 0 Å². The maximum absolute atomic E-state index is 12.5. The fraction of sp³-hybridized carbons (Fsp3) is 0.409. The van der Waals surface area contributed by atoms with Crippen molar-refractivity contribution in [2.24, 2.45) is 0 Å². The van der Waals surface area contributed by atoms with Gasteiger partial charge in [0.15, 0.2) is 6.61 Å². The van der Waals surface area contributed by atoms with Gasteiger partial charge in [0.1, 0.15) is 11.9 Å². The van der Waals surface area contributed by atoms with E-state index in [1.165, 1.54) is 11.1 Å². The van der Waals surface area contributed by atoms with Gasteiger partial charge < -0.3 is 14.4 Å². The van der Waals surface area contributed by atoms with Crippen LogP contribution in [0.5, 0.6) is 5.75 Å². The number of ether oxygens (including phenoxy) is 2. The second kappa shape index (κ2) is 8.37. The number of carbonyl (C=O) groups is 1. The van der Waals surface area contributed by atoms with Crippen molar-refractivity contribution in [1.82, 2.24) is 4.90 Å². The smallest absolute Gasteiger partial charge is 0.260 e. The van der Waals surface area contributed by atoms with Gasteiger partial charge in [-0.2, -0.15) is 0 Å². The Morgan fingerprint density at radius 2 is 1.85 bits per heavy atom. The molecule has 1 aliphatic rings. The van der Waals surface area contributed by atoms with Gasteiger partial charge in [0, 0.05) is 6.54 Å². The number of aryl methyl sites for hydroxylation is 1. The van der Waals surface area contributed by atoms with E-state index in [1.54, 1.807) is 0 Å². The highest BCUT2D eigenvalue weighted by atomic mass is 16.5. The number of rotatable bonds is 5. The molecule has 1 heterocycles. The Labute approximate surface area is 155 Å². The highest BCUT2D eigenvalue weighted by molar-refractivity contribution is 5.78. The minimum Gasteiger partial charge on any atom is -0.484 e. The van der Waals surface area contributed by atoms with Gasteiger partial charge in [0.2, 0.25) is 0 Å².